The summed E-state index contributed by atoms with van der Waals surface area (Å²) in [4.78, 5) is 13.1. The molecule has 5 heteroatoms. The molecule has 2 aliphatic heterocycles. The van der Waals surface area contributed by atoms with Crippen LogP contribution >= 0.6 is 12.4 Å². The van der Waals surface area contributed by atoms with Crippen molar-refractivity contribution in [2.45, 2.75) is 45.1 Å². The van der Waals surface area contributed by atoms with Crippen LogP contribution in [0.3, 0.4) is 0 Å². The fourth-order valence-electron chi connectivity index (χ4n) is 4.46. The summed E-state index contributed by atoms with van der Waals surface area (Å²) in [6.45, 7) is 3.83. The third-order valence-electron chi connectivity index (χ3n) is 6.00. The number of fused-ring (bicyclic) bond motifs is 2. The van der Waals surface area contributed by atoms with E-state index in [-0.39, 0.29) is 18.8 Å². The van der Waals surface area contributed by atoms with Gasteiger partial charge in [0.1, 0.15) is 12.4 Å². The van der Waals surface area contributed by atoms with E-state index in [1.165, 1.54) is 27.8 Å². The number of unbranched alkanes of at least 4 members (excludes halogenated alkanes) is 2. The standard InChI is InChI=1S/C25H29NO3.ClH/c27-24(28)12-2-1-7-15-26-16-13-19(14-17-26)25-21-9-4-3-8-20(21)18-29-23-11-6-5-10-22(23)25;/h3-6,8-11H,1-2,7,12-18H2,(H,27,28);1H. The number of halogens is 1. The molecule has 0 unspecified atom stereocenters. The van der Waals surface area contributed by atoms with Gasteiger partial charge in [-0.1, -0.05) is 54.5 Å². The molecule has 0 bridgehead atoms. The molecule has 0 amide bonds. The molecule has 1 fully saturated rings. The van der Waals surface area contributed by atoms with Crippen molar-refractivity contribution < 1.29 is 14.6 Å². The summed E-state index contributed by atoms with van der Waals surface area (Å²) in [5, 5.41) is 8.75. The Labute approximate surface area is 185 Å². The molecular weight excluding hydrogens is 398 g/mol. The second kappa shape index (κ2) is 10.6. The zero-order valence-electron chi connectivity index (χ0n) is 17.3. The average Bonchev–Trinajstić information content (AvgIpc) is 2.91. The molecule has 0 atom stereocenters. The number of hydrogen-bond donors (Lipinski definition) is 1. The number of para-hydroxylation sites is 1. The van der Waals surface area contributed by atoms with Gasteiger partial charge in [-0.15, -0.1) is 12.4 Å². The first-order chi connectivity index (χ1) is 14.2. The number of ether oxygens (including phenoxy) is 1. The first-order valence-corrected chi connectivity index (χ1v) is 10.7. The van der Waals surface area contributed by atoms with E-state index in [9.17, 15) is 4.79 Å². The van der Waals surface area contributed by atoms with E-state index in [1.807, 2.05) is 6.07 Å². The molecule has 30 heavy (non-hydrogen) atoms. The predicted molar refractivity (Wildman–Crippen MR) is 122 cm³/mol. The summed E-state index contributed by atoms with van der Waals surface area (Å²) in [5.74, 6) is 0.291. The lowest BCUT2D eigenvalue weighted by Gasteiger charge is -2.30. The minimum absolute atomic E-state index is 0. The molecule has 1 N–H and O–H groups in total. The number of aliphatic carboxylic acids is 1. The van der Waals surface area contributed by atoms with Crippen LogP contribution in [-0.4, -0.2) is 35.6 Å². The van der Waals surface area contributed by atoms with E-state index in [4.69, 9.17) is 9.84 Å². The zero-order chi connectivity index (χ0) is 20.1. The Balaban J connectivity index is 0.00000256. The van der Waals surface area contributed by atoms with Gasteiger partial charge in [-0.25, -0.2) is 0 Å². The Morgan fingerprint density at radius 3 is 2.40 bits per heavy atom. The lowest BCUT2D eigenvalue weighted by molar-refractivity contribution is -0.137. The smallest absolute Gasteiger partial charge is 0.303 e. The van der Waals surface area contributed by atoms with Gasteiger partial charge >= 0.3 is 5.97 Å². The highest BCUT2D eigenvalue weighted by molar-refractivity contribution is 5.87. The second-order valence-electron chi connectivity index (χ2n) is 7.97. The number of likely N-dealkylation sites (tertiary alicyclic amines) is 1. The van der Waals surface area contributed by atoms with Crippen LogP contribution in [0.2, 0.25) is 0 Å². The van der Waals surface area contributed by atoms with Crippen LogP contribution in [0.4, 0.5) is 0 Å². The summed E-state index contributed by atoms with van der Waals surface area (Å²) in [6, 6.07) is 17.0. The van der Waals surface area contributed by atoms with Crippen LogP contribution in [0.1, 0.15) is 55.2 Å². The number of carboxylic acids is 1. The van der Waals surface area contributed by atoms with E-state index in [1.54, 1.807) is 0 Å². The summed E-state index contributed by atoms with van der Waals surface area (Å²) in [5.41, 5.74) is 6.68. The van der Waals surface area contributed by atoms with Gasteiger partial charge in [-0.05, 0) is 55.0 Å². The van der Waals surface area contributed by atoms with Crippen LogP contribution in [0, 0.1) is 0 Å². The first-order valence-electron chi connectivity index (χ1n) is 10.7. The Kier molecular flexibility index (Phi) is 7.94. The van der Waals surface area contributed by atoms with Gasteiger partial charge in [-0.2, -0.15) is 0 Å². The number of piperidine rings is 1. The molecule has 0 radical (unpaired) electrons. The number of hydrogen-bond acceptors (Lipinski definition) is 3. The van der Waals surface area contributed by atoms with Crippen molar-refractivity contribution in [3.05, 3.63) is 70.8 Å². The van der Waals surface area contributed by atoms with Gasteiger partial charge in [0.15, 0.2) is 0 Å². The lowest BCUT2D eigenvalue weighted by Crippen LogP contribution is -2.32. The van der Waals surface area contributed by atoms with Crippen molar-refractivity contribution in [2.75, 3.05) is 19.6 Å². The molecule has 2 aliphatic rings. The molecule has 4 rings (SSSR count). The molecule has 0 aromatic heterocycles. The van der Waals surface area contributed by atoms with Crippen molar-refractivity contribution in [2.24, 2.45) is 0 Å². The maximum atomic E-state index is 10.6. The van der Waals surface area contributed by atoms with Crippen molar-refractivity contribution >= 4 is 23.9 Å². The van der Waals surface area contributed by atoms with Crippen molar-refractivity contribution in [1.82, 2.24) is 4.90 Å². The minimum atomic E-state index is -0.688. The van der Waals surface area contributed by atoms with Gasteiger partial charge in [0.2, 0.25) is 0 Å². The number of rotatable bonds is 6. The monoisotopic (exact) mass is 427 g/mol. The highest BCUT2D eigenvalue weighted by Crippen LogP contribution is 2.40. The van der Waals surface area contributed by atoms with E-state index in [0.717, 1.165) is 57.5 Å². The van der Waals surface area contributed by atoms with Crippen LogP contribution < -0.4 is 4.74 Å². The van der Waals surface area contributed by atoms with E-state index >= 15 is 0 Å². The summed E-state index contributed by atoms with van der Waals surface area (Å²) < 4.78 is 6.12. The first kappa shape index (κ1) is 22.4. The number of nitrogens with zero attached hydrogens (tertiary/aromatic N) is 1. The Bertz CT molecular complexity index is 849. The lowest BCUT2D eigenvalue weighted by atomic mass is 9.86. The molecule has 2 aromatic carbocycles. The van der Waals surface area contributed by atoms with Crippen LogP contribution in [-0.2, 0) is 11.4 Å². The van der Waals surface area contributed by atoms with E-state index in [0.29, 0.717) is 6.61 Å². The van der Waals surface area contributed by atoms with Gasteiger partial charge in [0.25, 0.3) is 0 Å². The van der Waals surface area contributed by atoms with Crippen LogP contribution in [0.5, 0.6) is 5.75 Å². The molecule has 160 valence electrons. The average molecular weight is 428 g/mol. The predicted octanol–water partition coefficient (Wildman–Crippen LogP) is 5.54. The normalized spacial score (nSPS) is 16.0. The molecule has 0 aliphatic carbocycles. The topological polar surface area (TPSA) is 49.8 Å². The number of carbonyl (C=O) groups is 1. The molecule has 4 nitrogen and oxygen atoms in total. The third-order valence-corrected chi connectivity index (χ3v) is 6.00. The molecule has 2 aromatic rings. The molecule has 0 spiro atoms. The van der Waals surface area contributed by atoms with Gasteiger partial charge in [-0.3, -0.25) is 4.79 Å². The fraction of sp³-hybridized carbons (Fsp3) is 0.400. The Morgan fingerprint density at radius 1 is 0.933 bits per heavy atom. The van der Waals surface area contributed by atoms with Crippen molar-refractivity contribution in [3.8, 4) is 5.75 Å². The quantitative estimate of drug-likeness (QED) is 0.614. The SMILES string of the molecule is Cl.O=C(O)CCCCCN1CCC(=C2c3ccccc3COc3ccccc32)CC1. The zero-order valence-corrected chi connectivity index (χ0v) is 18.1. The fourth-order valence-corrected chi connectivity index (χ4v) is 4.46. The van der Waals surface area contributed by atoms with E-state index in [2.05, 4.69) is 47.4 Å². The maximum Gasteiger partial charge on any atom is 0.303 e. The summed E-state index contributed by atoms with van der Waals surface area (Å²) in [7, 11) is 0. The van der Waals surface area contributed by atoms with E-state index < -0.39 is 5.97 Å². The van der Waals surface area contributed by atoms with Crippen molar-refractivity contribution in [3.63, 3.8) is 0 Å². The van der Waals surface area contributed by atoms with Crippen molar-refractivity contribution in [1.29, 1.82) is 0 Å². The number of benzene rings is 2. The van der Waals surface area contributed by atoms with Crippen LogP contribution in [0.15, 0.2) is 54.1 Å². The highest BCUT2D eigenvalue weighted by Gasteiger charge is 2.24. The Hall–Kier alpha value is -2.30. The molecule has 2 heterocycles. The number of carboxylic acid groups (broad SMARTS) is 1. The Morgan fingerprint density at radius 2 is 1.63 bits per heavy atom. The minimum Gasteiger partial charge on any atom is -0.488 e. The molecular formula is C25H30ClNO3. The largest absolute Gasteiger partial charge is 0.488 e. The van der Waals surface area contributed by atoms with Crippen LogP contribution in [0.25, 0.3) is 5.57 Å². The van der Waals surface area contributed by atoms with Gasteiger partial charge in [0.05, 0.1) is 0 Å². The van der Waals surface area contributed by atoms with Gasteiger partial charge in [0, 0.05) is 25.1 Å². The summed E-state index contributed by atoms with van der Waals surface area (Å²) >= 11 is 0. The molecule has 0 saturated carbocycles. The van der Waals surface area contributed by atoms with Gasteiger partial charge < -0.3 is 14.7 Å². The third kappa shape index (κ3) is 5.24. The second-order valence-corrected chi connectivity index (χ2v) is 7.97. The summed E-state index contributed by atoms with van der Waals surface area (Å²) in [6.07, 6.45) is 5.30. The molecule has 1 saturated heterocycles. The highest BCUT2D eigenvalue weighted by atomic mass is 35.5. The maximum absolute atomic E-state index is 10.6.